The van der Waals surface area contributed by atoms with Crippen LogP contribution in [-0.2, 0) is 14.3 Å². The van der Waals surface area contributed by atoms with Gasteiger partial charge < -0.3 is 15.2 Å². The van der Waals surface area contributed by atoms with Gasteiger partial charge >= 0.3 is 5.97 Å². The van der Waals surface area contributed by atoms with Crippen LogP contribution < -0.4 is 5.32 Å². The van der Waals surface area contributed by atoms with E-state index in [2.05, 4.69) is 5.32 Å². The Morgan fingerprint density at radius 1 is 1.33 bits per heavy atom. The van der Waals surface area contributed by atoms with Gasteiger partial charge in [-0.1, -0.05) is 20.8 Å². The van der Waals surface area contributed by atoms with Crippen molar-refractivity contribution in [3.63, 3.8) is 0 Å². The highest BCUT2D eigenvalue weighted by molar-refractivity contribution is 5.83. The molecule has 0 saturated heterocycles. The third-order valence-electron chi connectivity index (χ3n) is 2.49. The maximum Gasteiger partial charge on any atom is 0.326 e. The van der Waals surface area contributed by atoms with E-state index < -0.39 is 12.0 Å². The summed E-state index contributed by atoms with van der Waals surface area (Å²) >= 11 is 0. The maximum absolute atomic E-state index is 11.5. The topological polar surface area (TPSA) is 75.6 Å². The highest BCUT2D eigenvalue weighted by Crippen LogP contribution is 2.21. The second kappa shape index (κ2) is 8.08. The molecule has 1 atom stereocenters. The molecule has 0 aromatic rings. The second-order valence-corrected chi connectivity index (χ2v) is 5.50. The molecule has 18 heavy (non-hydrogen) atoms. The monoisotopic (exact) mass is 259 g/mol. The molecule has 5 nitrogen and oxygen atoms in total. The van der Waals surface area contributed by atoms with Crippen molar-refractivity contribution < 1.29 is 19.4 Å². The van der Waals surface area contributed by atoms with Crippen molar-refractivity contribution in [2.45, 2.75) is 53.0 Å². The molecule has 0 rings (SSSR count). The van der Waals surface area contributed by atoms with E-state index in [4.69, 9.17) is 9.84 Å². The Hall–Kier alpha value is -1.10. The Morgan fingerprint density at radius 2 is 1.94 bits per heavy atom. The van der Waals surface area contributed by atoms with Gasteiger partial charge in [-0.25, -0.2) is 4.79 Å². The minimum atomic E-state index is -0.982. The van der Waals surface area contributed by atoms with Gasteiger partial charge in [0.1, 0.15) is 6.04 Å². The fourth-order valence-corrected chi connectivity index (χ4v) is 1.41. The Labute approximate surface area is 109 Å². The average Bonchev–Trinajstić information content (AvgIpc) is 2.22. The molecular formula is C13H25NO4. The first-order valence-electron chi connectivity index (χ1n) is 6.36. The highest BCUT2D eigenvalue weighted by atomic mass is 16.5. The predicted molar refractivity (Wildman–Crippen MR) is 69.4 cm³/mol. The molecule has 0 aromatic carbocycles. The summed E-state index contributed by atoms with van der Waals surface area (Å²) in [5, 5.41) is 11.6. The first kappa shape index (κ1) is 16.9. The van der Waals surface area contributed by atoms with Crippen LogP contribution in [0.4, 0.5) is 0 Å². The Kier molecular flexibility index (Phi) is 7.59. The molecule has 0 saturated carbocycles. The second-order valence-electron chi connectivity index (χ2n) is 5.50. The van der Waals surface area contributed by atoms with Crippen molar-refractivity contribution in [1.29, 1.82) is 0 Å². The van der Waals surface area contributed by atoms with Gasteiger partial charge in [-0.3, -0.25) is 4.79 Å². The quantitative estimate of drug-likeness (QED) is 0.652. The van der Waals surface area contributed by atoms with Crippen LogP contribution in [0.1, 0.15) is 47.0 Å². The lowest BCUT2D eigenvalue weighted by Gasteiger charge is -2.21. The van der Waals surface area contributed by atoms with Crippen molar-refractivity contribution in [3.05, 3.63) is 0 Å². The summed E-state index contributed by atoms with van der Waals surface area (Å²) in [6.07, 6.45) is 1.39. The number of rotatable bonds is 8. The van der Waals surface area contributed by atoms with Crippen LogP contribution in [0.5, 0.6) is 0 Å². The molecule has 0 heterocycles. The number of carbonyl (C=O) groups is 2. The standard InChI is InChI=1S/C13H25NO4/c1-5-18-9-7-11(15)14-10(12(16)17)6-8-13(2,3)4/h10H,5-9H2,1-4H3,(H,14,15)(H,16,17). The first-order valence-corrected chi connectivity index (χ1v) is 6.36. The summed E-state index contributed by atoms with van der Waals surface area (Å²) in [5.74, 6) is -1.26. The van der Waals surface area contributed by atoms with Crippen molar-refractivity contribution in [2.75, 3.05) is 13.2 Å². The van der Waals surface area contributed by atoms with Gasteiger partial charge in [0.25, 0.3) is 0 Å². The van der Waals surface area contributed by atoms with Crippen molar-refractivity contribution >= 4 is 11.9 Å². The lowest BCUT2D eigenvalue weighted by molar-refractivity contribution is -0.142. The number of ether oxygens (including phenoxy) is 1. The summed E-state index contributed by atoms with van der Waals surface area (Å²) in [6.45, 7) is 8.86. The maximum atomic E-state index is 11.5. The fraction of sp³-hybridized carbons (Fsp3) is 0.846. The third-order valence-corrected chi connectivity index (χ3v) is 2.49. The van der Waals surface area contributed by atoms with Crippen molar-refractivity contribution in [2.24, 2.45) is 5.41 Å². The van der Waals surface area contributed by atoms with E-state index in [9.17, 15) is 9.59 Å². The minimum Gasteiger partial charge on any atom is -0.480 e. The smallest absolute Gasteiger partial charge is 0.326 e. The largest absolute Gasteiger partial charge is 0.480 e. The number of nitrogens with one attached hydrogen (secondary N) is 1. The number of aliphatic carboxylic acids is 1. The summed E-state index contributed by atoms with van der Waals surface area (Å²) in [6, 6.07) is -0.807. The lowest BCUT2D eigenvalue weighted by Crippen LogP contribution is -2.41. The summed E-state index contributed by atoms with van der Waals surface area (Å²) < 4.78 is 5.05. The first-order chi connectivity index (χ1) is 8.26. The van der Waals surface area contributed by atoms with Crippen LogP contribution in [0.25, 0.3) is 0 Å². The molecule has 1 amide bonds. The molecule has 0 bridgehead atoms. The molecule has 0 fully saturated rings. The summed E-state index contributed by atoms with van der Waals surface area (Å²) in [5.41, 5.74) is 0.0593. The van der Waals surface area contributed by atoms with E-state index in [1.54, 1.807) is 0 Å². The minimum absolute atomic E-state index is 0.0593. The number of amides is 1. The van der Waals surface area contributed by atoms with E-state index in [-0.39, 0.29) is 17.7 Å². The zero-order valence-corrected chi connectivity index (χ0v) is 11.8. The number of hydrogen-bond acceptors (Lipinski definition) is 3. The molecule has 0 spiro atoms. The van der Waals surface area contributed by atoms with Gasteiger partial charge in [0.2, 0.25) is 5.91 Å². The van der Waals surface area contributed by atoms with Crippen LogP contribution in [0.3, 0.4) is 0 Å². The molecule has 0 radical (unpaired) electrons. The van der Waals surface area contributed by atoms with E-state index in [1.165, 1.54) is 0 Å². The molecule has 1 unspecified atom stereocenters. The van der Waals surface area contributed by atoms with Crippen LogP contribution in [0, 0.1) is 5.41 Å². The Morgan fingerprint density at radius 3 is 2.39 bits per heavy atom. The molecule has 0 aliphatic rings. The molecule has 5 heteroatoms. The zero-order chi connectivity index (χ0) is 14.2. The van der Waals surface area contributed by atoms with Crippen molar-refractivity contribution in [1.82, 2.24) is 5.32 Å². The number of hydrogen-bond donors (Lipinski definition) is 2. The lowest BCUT2D eigenvalue weighted by atomic mass is 9.88. The number of carboxylic acids is 1. The molecule has 0 aliphatic carbocycles. The van der Waals surface area contributed by atoms with E-state index in [0.29, 0.717) is 19.6 Å². The molecule has 106 valence electrons. The molecule has 2 N–H and O–H groups in total. The van der Waals surface area contributed by atoms with Crippen molar-refractivity contribution in [3.8, 4) is 0 Å². The predicted octanol–water partition coefficient (Wildman–Crippen LogP) is 1.81. The van der Waals surface area contributed by atoms with Crippen LogP contribution in [0.15, 0.2) is 0 Å². The molecule has 0 aliphatic heterocycles. The Bertz CT molecular complexity index is 271. The van der Waals surface area contributed by atoms with E-state index in [1.807, 2.05) is 27.7 Å². The van der Waals surface area contributed by atoms with Gasteiger partial charge in [0.15, 0.2) is 0 Å². The molecular weight excluding hydrogens is 234 g/mol. The fourth-order valence-electron chi connectivity index (χ4n) is 1.41. The van der Waals surface area contributed by atoms with Gasteiger partial charge in [-0.05, 0) is 25.2 Å². The van der Waals surface area contributed by atoms with Gasteiger partial charge in [-0.2, -0.15) is 0 Å². The number of carboxylic acid groups (broad SMARTS) is 1. The van der Waals surface area contributed by atoms with E-state index >= 15 is 0 Å². The summed E-state index contributed by atoms with van der Waals surface area (Å²) in [7, 11) is 0. The SMILES string of the molecule is CCOCCC(=O)NC(CCC(C)(C)C)C(=O)O. The average molecular weight is 259 g/mol. The Balaban J connectivity index is 4.11. The van der Waals surface area contributed by atoms with Crippen LogP contribution >= 0.6 is 0 Å². The van der Waals surface area contributed by atoms with Gasteiger partial charge in [0.05, 0.1) is 6.61 Å². The third kappa shape index (κ3) is 8.98. The normalized spacial score (nSPS) is 13.1. The van der Waals surface area contributed by atoms with Gasteiger partial charge in [-0.15, -0.1) is 0 Å². The summed E-state index contributed by atoms with van der Waals surface area (Å²) in [4.78, 5) is 22.5. The molecule has 0 aromatic heterocycles. The van der Waals surface area contributed by atoms with Crippen LogP contribution in [-0.4, -0.2) is 36.2 Å². The van der Waals surface area contributed by atoms with Crippen LogP contribution in [0.2, 0.25) is 0 Å². The number of carbonyl (C=O) groups excluding carboxylic acids is 1. The zero-order valence-electron chi connectivity index (χ0n) is 11.8. The van der Waals surface area contributed by atoms with Gasteiger partial charge in [0, 0.05) is 13.0 Å². The van der Waals surface area contributed by atoms with E-state index in [0.717, 1.165) is 6.42 Å². The highest BCUT2D eigenvalue weighted by Gasteiger charge is 2.22.